The van der Waals surface area contributed by atoms with Gasteiger partial charge in [-0.15, -0.1) is 0 Å². The normalized spacial score (nSPS) is 15.5. The van der Waals surface area contributed by atoms with Gasteiger partial charge in [0.2, 0.25) is 5.91 Å². The maximum atomic E-state index is 12.1. The summed E-state index contributed by atoms with van der Waals surface area (Å²) in [6, 6.07) is 7.26. The van der Waals surface area contributed by atoms with Crippen LogP contribution in [-0.4, -0.2) is 30.1 Å². The summed E-state index contributed by atoms with van der Waals surface area (Å²) in [5, 5.41) is 8.73. The Balaban J connectivity index is 2.31. The van der Waals surface area contributed by atoms with Crippen LogP contribution in [0.25, 0.3) is 0 Å². The second-order valence-corrected chi connectivity index (χ2v) is 4.37. The molecule has 1 aromatic carbocycles. The van der Waals surface area contributed by atoms with Gasteiger partial charge in [-0.1, -0.05) is 12.1 Å². The van der Waals surface area contributed by atoms with Gasteiger partial charge in [0.05, 0.1) is 18.7 Å². The number of aliphatic carboxylic acids is 1. The van der Waals surface area contributed by atoms with Crippen LogP contribution in [0.2, 0.25) is 0 Å². The molecule has 1 aliphatic rings. The standard InChI is InChI=1S/C14H15NO4/c1-10(8-14(17)18)9-15-11-4-2-3-5-12(11)19-7-6-13(15)16/h2-5,8H,6-7,9H2,1H3,(H,17,18). The van der Waals surface area contributed by atoms with Crippen LogP contribution in [-0.2, 0) is 9.59 Å². The summed E-state index contributed by atoms with van der Waals surface area (Å²) in [6.45, 7) is 2.29. The first-order valence-electron chi connectivity index (χ1n) is 6.00. The fourth-order valence-electron chi connectivity index (χ4n) is 2.00. The Morgan fingerprint density at radius 1 is 1.47 bits per heavy atom. The van der Waals surface area contributed by atoms with Crippen molar-refractivity contribution in [2.24, 2.45) is 0 Å². The van der Waals surface area contributed by atoms with E-state index < -0.39 is 5.97 Å². The minimum atomic E-state index is -1.01. The lowest BCUT2D eigenvalue weighted by Gasteiger charge is -2.22. The monoisotopic (exact) mass is 261 g/mol. The van der Waals surface area contributed by atoms with E-state index in [1.54, 1.807) is 24.0 Å². The topological polar surface area (TPSA) is 66.8 Å². The lowest BCUT2D eigenvalue weighted by Crippen LogP contribution is -2.31. The number of fused-ring (bicyclic) bond motifs is 1. The molecule has 0 fully saturated rings. The molecule has 1 heterocycles. The van der Waals surface area contributed by atoms with E-state index in [9.17, 15) is 9.59 Å². The van der Waals surface area contributed by atoms with Gasteiger partial charge in [-0.25, -0.2) is 4.79 Å². The number of nitrogens with zero attached hydrogens (tertiary/aromatic N) is 1. The first-order chi connectivity index (χ1) is 9.08. The van der Waals surface area contributed by atoms with Crippen molar-refractivity contribution in [2.45, 2.75) is 13.3 Å². The van der Waals surface area contributed by atoms with Gasteiger partial charge in [0.1, 0.15) is 5.75 Å². The average molecular weight is 261 g/mol. The second kappa shape index (κ2) is 5.56. The van der Waals surface area contributed by atoms with Gasteiger partial charge in [-0.3, -0.25) is 4.79 Å². The minimum absolute atomic E-state index is 0.0666. The number of anilines is 1. The highest BCUT2D eigenvalue weighted by Gasteiger charge is 2.22. The smallest absolute Gasteiger partial charge is 0.328 e. The SMILES string of the molecule is CC(=CC(=O)O)CN1C(=O)CCOc2ccccc21. The number of benzene rings is 1. The molecule has 5 heteroatoms. The summed E-state index contributed by atoms with van der Waals surface area (Å²) in [4.78, 5) is 24.3. The zero-order chi connectivity index (χ0) is 13.8. The highest BCUT2D eigenvalue weighted by Crippen LogP contribution is 2.31. The van der Waals surface area contributed by atoms with Crippen molar-refractivity contribution < 1.29 is 19.4 Å². The Bertz CT molecular complexity index is 536. The van der Waals surface area contributed by atoms with E-state index in [2.05, 4.69) is 0 Å². The van der Waals surface area contributed by atoms with Gasteiger partial charge in [0.15, 0.2) is 0 Å². The molecule has 0 aromatic heterocycles. The highest BCUT2D eigenvalue weighted by molar-refractivity contribution is 5.96. The largest absolute Gasteiger partial charge is 0.491 e. The molecule has 1 N–H and O–H groups in total. The molecule has 0 radical (unpaired) electrons. The lowest BCUT2D eigenvalue weighted by atomic mass is 10.2. The number of amides is 1. The molecule has 0 bridgehead atoms. The maximum absolute atomic E-state index is 12.1. The first kappa shape index (κ1) is 13.1. The molecule has 0 spiro atoms. The third kappa shape index (κ3) is 3.13. The fourth-order valence-corrected chi connectivity index (χ4v) is 2.00. The number of hydrogen-bond donors (Lipinski definition) is 1. The van der Waals surface area contributed by atoms with Gasteiger partial charge in [0, 0.05) is 12.6 Å². The summed E-state index contributed by atoms with van der Waals surface area (Å²) in [6.07, 6.45) is 1.40. The number of rotatable bonds is 3. The molecule has 1 amide bonds. The first-order valence-corrected chi connectivity index (χ1v) is 6.00. The summed E-state index contributed by atoms with van der Waals surface area (Å²) in [7, 11) is 0. The Morgan fingerprint density at radius 2 is 2.21 bits per heavy atom. The Labute approximate surface area is 111 Å². The van der Waals surface area contributed by atoms with Crippen LogP contribution in [0.15, 0.2) is 35.9 Å². The van der Waals surface area contributed by atoms with E-state index >= 15 is 0 Å². The summed E-state index contributed by atoms with van der Waals surface area (Å²) in [5.41, 5.74) is 1.29. The maximum Gasteiger partial charge on any atom is 0.328 e. The molecular weight excluding hydrogens is 246 g/mol. The second-order valence-electron chi connectivity index (χ2n) is 4.37. The molecule has 1 aromatic rings. The van der Waals surface area contributed by atoms with Gasteiger partial charge in [-0.05, 0) is 24.6 Å². The van der Waals surface area contributed by atoms with Crippen LogP contribution < -0.4 is 9.64 Å². The van der Waals surface area contributed by atoms with E-state index in [1.807, 2.05) is 12.1 Å². The highest BCUT2D eigenvalue weighted by atomic mass is 16.5. The fraction of sp³-hybridized carbons (Fsp3) is 0.286. The Hall–Kier alpha value is -2.30. The lowest BCUT2D eigenvalue weighted by molar-refractivity contribution is -0.131. The van der Waals surface area contributed by atoms with Crippen molar-refractivity contribution in [3.8, 4) is 5.75 Å². The van der Waals surface area contributed by atoms with Crippen LogP contribution in [0.3, 0.4) is 0 Å². The molecule has 0 aliphatic carbocycles. The average Bonchev–Trinajstić information content (AvgIpc) is 2.49. The van der Waals surface area contributed by atoms with Crippen molar-refractivity contribution in [3.05, 3.63) is 35.9 Å². The van der Waals surface area contributed by atoms with E-state index in [0.717, 1.165) is 6.08 Å². The van der Waals surface area contributed by atoms with Crippen molar-refractivity contribution in [3.63, 3.8) is 0 Å². The zero-order valence-electron chi connectivity index (χ0n) is 10.6. The van der Waals surface area contributed by atoms with E-state index in [1.165, 1.54) is 0 Å². The van der Waals surface area contributed by atoms with Gasteiger partial charge >= 0.3 is 5.97 Å². The number of carbonyl (C=O) groups excluding carboxylic acids is 1. The molecule has 1 aliphatic heterocycles. The number of hydrogen-bond acceptors (Lipinski definition) is 3. The summed E-state index contributed by atoms with van der Waals surface area (Å²) >= 11 is 0. The van der Waals surface area contributed by atoms with E-state index in [4.69, 9.17) is 9.84 Å². The Morgan fingerprint density at radius 3 is 2.95 bits per heavy atom. The van der Waals surface area contributed by atoms with Gasteiger partial charge in [0.25, 0.3) is 0 Å². The predicted octanol–water partition coefficient (Wildman–Crippen LogP) is 1.83. The minimum Gasteiger partial charge on any atom is -0.491 e. The van der Waals surface area contributed by atoms with Crippen molar-refractivity contribution >= 4 is 17.6 Å². The van der Waals surface area contributed by atoms with Crippen molar-refractivity contribution in [1.29, 1.82) is 0 Å². The van der Waals surface area contributed by atoms with Crippen LogP contribution in [0, 0.1) is 0 Å². The van der Waals surface area contributed by atoms with Crippen molar-refractivity contribution in [1.82, 2.24) is 0 Å². The number of ether oxygens (including phenoxy) is 1. The van der Waals surface area contributed by atoms with Crippen LogP contribution >= 0.6 is 0 Å². The third-order valence-electron chi connectivity index (χ3n) is 2.81. The zero-order valence-corrected chi connectivity index (χ0v) is 10.6. The molecule has 0 atom stereocenters. The number of carboxylic acid groups (broad SMARTS) is 1. The molecule has 19 heavy (non-hydrogen) atoms. The number of carbonyl (C=O) groups is 2. The summed E-state index contributed by atoms with van der Waals surface area (Å²) in [5.74, 6) is -0.427. The number of para-hydroxylation sites is 2. The van der Waals surface area contributed by atoms with Crippen LogP contribution in [0.1, 0.15) is 13.3 Å². The van der Waals surface area contributed by atoms with Crippen molar-refractivity contribution in [2.75, 3.05) is 18.1 Å². The molecule has 2 rings (SSSR count). The number of carboxylic acids is 1. The molecule has 0 saturated carbocycles. The van der Waals surface area contributed by atoms with E-state index in [-0.39, 0.29) is 18.9 Å². The van der Waals surface area contributed by atoms with E-state index in [0.29, 0.717) is 23.6 Å². The quantitative estimate of drug-likeness (QED) is 0.843. The van der Waals surface area contributed by atoms with Gasteiger partial charge < -0.3 is 14.7 Å². The van der Waals surface area contributed by atoms with Crippen LogP contribution in [0.4, 0.5) is 5.69 Å². The van der Waals surface area contributed by atoms with Gasteiger partial charge in [-0.2, -0.15) is 0 Å². The summed E-state index contributed by atoms with van der Waals surface area (Å²) < 4.78 is 5.51. The third-order valence-corrected chi connectivity index (χ3v) is 2.81. The molecule has 5 nitrogen and oxygen atoms in total. The molecule has 0 unspecified atom stereocenters. The molecule has 0 saturated heterocycles. The molecular formula is C14H15NO4. The van der Waals surface area contributed by atoms with Crippen LogP contribution in [0.5, 0.6) is 5.75 Å². The Kier molecular flexibility index (Phi) is 3.85. The predicted molar refractivity (Wildman–Crippen MR) is 70.3 cm³/mol. The molecule has 100 valence electrons.